The van der Waals surface area contributed by atoms with Crippen LogP contribution in [0.2, 0.25) is 0 Å². The molecule has 4 N–H and O–H groups in total. The third-order valence-corrected chi connectivity index (χ3v) is 11.9. The van der Waals surface area contributed by atoms with Crippen LogP contribution < -0.4 is 5.32 Å². The Hall–Kier alpha value is -2.04. The van der Waals surface area contributed by atoms with Crippen molar-refractivity contribution in [3.05, 3.63) is 24.3 Å². The fourth-order valence-corrected chi connectivity index (χ4v) is 7.88. The molecule has 11 nitrogen and oxygen atoms in total. The number of hydrogen-bond acceptors (Lipinski definition) is 8. The zero-order valence-electron chi connectivity index (χ0n) is 39.0. The number of aliphatic hydroxyl groups is 1. The van der Waals surface area contributed by atoms with E-state index in [1.54, 1.807) is 0 Å². The number of carboxylic acid groups (broad SMARTS) is 1. The van der Waals surface area contributed by atoms with Crippen LogP contribution in [0, 0.1) is 0 Å². The maximum atomic E-state index is 12.3. The fraction of sp³-hybridized carbons (Fsp3) is 0.857. The quantitative estimate of drug-likeness (QED) is 0.0200. The predicted molar refractivity (Wildman–Crippen MR) is 249 cm³/mol. The number of unbranched alkanes of at least 4 members (excludes halogenated alkanes) is 29. The SMILES string of the molecule is CCCCC/C=C\C/C=C\CCCCCCCCCCCCCCCC(=O)OCC(O)COP(=O)(O)OCC(NC(=O)CCCCCCCCCCCCCCCC)C(=O)O. The van der Waals surface area contributed by atoms with E-state index >= 15 is 0 Å². The van der Waals surface area contributed by atoms with Crippen molar-refractivity contribution in [2.24, 2.45) is 0 Å². The molecule has 0 aliphatic heterocycles. The summed E-state index contributed by atoms with van der Waals surface area (Å²) in [5, 5.41) is 21.9. The first-order valence-electron chi connectivity index (χ1n) is 24.9. The lowest BCUT2D eigenvalue weighted by Gasteiger charge is -2.18. The van der Waals surface area contributed by atoms with Crippen LogP contribution >= 0.6 is 7.82 Å². The van der Waals surface area contributed by atoms with Gasteiger partial charge in [0, 0.05) is 12.8 Å². The van der Waals surface area contributed by atoms with Gasteiger partial charge in [-0.05, 0) is 44.9 Å². The summed E-state index contributed by atoms with van der Waals surface area (Å²) < 4.78 is 26.9. The summed E-state index contributed by atoms with van der Waals surface area (Å²) in [5.41, 5.74) is 0. The zero-order chi connectivity index (χ0) is 44.9. The number of aliphatic carboxylic acids is 1. The number of phosphoric ester groups is 1. The number of esters is 1. The van der Waals surface area contributed by atoms with Gasteiger partial charge in [-0.25, -0.2) is 9.36 Å². The molecule has 12 heteroatoms. The number of ether oxygens (including phenoxy) is 1. The molecule has 0 aromatic rings. The highest BCUT2D eigenvalue weighted by atomic mass is 31.2. The molecule has 0 aromatic carbocycles. The number of nitrogens with one attached hydrogen (secondary N) is 1. The van der Waals surface area contributed by atoms with Crippen LogP contribution in [0.25, 0.3) is 0 Å². The largest absolute Gasteiger partial charge is 0.480 e. The third-order valence-electron chi connectivity index (χ3n) is 11.0. The van der Waals surface area contributed by atoms with Crippen molar-refractivity contribution >= 4 is 25.7 Å². The molecule has 0 bridgehead atoms. The lowest BCUT2D eigenvalue weighted by molar-refractivity contribution is -0.147. The van der Waals surface area contributed by atoms with Crippen LogP contribution in [0.1, 0.15) is 239 Å². The van der Waals surface area contributed by atoms with Gasteiger partial charge in [0.25, 0.3) is 0 Å². The Morgan fingerprint density at radius 2 is 0.902 bits per heavy atom. The van der Waals surface area contributed by atoms with E-state index in [1.807, 2.05) is 0 Å². The van der Waals surface area contributed by atoms with E-state index < -0.39 is 57.6 Å². The third kappa shape index (κ3) is 44.4. The van der Waals surface area contributed by atoms with Gasteiger partial charge in [-0.15, -0.1) is 0 Å². The maximum Gasteiger partial charge on any atom is 0.472 e. The fourth-order valence-electron chi connectivity index (χ4n) is 7.11. The smallest absolute Gasteiger partial charge is 0.472 e. The van der Waals surface area contributed by atoms with Crippen molar-refractivity contribution in [3.8, 4) is 0 Å². The van der Waals surface area contributed by atoms with Crippen molar-refractivity contribution in [2.45, 2.75) is 251 Å². The molecule has 0 rings (SSSR count). The van der Waals surface area contributed by atoms with Crippen molar-refractivity contribution < 1.29 is 47.8 Å². The predicted octanol–water partition coefficient (Wildman–Crippen LogP) is 13.4. The highest BCUT2D eigenvalue weighted by molar-refractivity contribution is 7.47. The molecule has 0 heterocycles. The average Bonchev–Trinajstić information content (AvgIpc) is 3.24. The van der Waals surface area contributed by atoms with Gasteiger partial charge in [0.15, 0.2) is 6.04 Å². The number of hydrogen-bond donors (Lipinski definition) is 4. The first kappa shape index (κ1) is 59.0. The number of aliphatic hydroxyl groups excluding tert-OH is 1. The number of rotatable bonds is 47. The van der Waals surface area contributed by atoms with E-state index in [9.17, 15) is 34.1 Å². The molecule has 0 aliphatic carbocycles. The number of carbonyl (C=O) groups excluding carboxylic acids is 2. The molecule has 3 atom stereocenters. The molecule has 0 aliphatic rings. The number of amides is 1. The van der Waals surface area contributed by atoms with E-state index in [4.69, 9.17) is 13.8 Å². The second-order valence-electron chi connectivity index (χ2n) is 17.0. The number of carbonyl (C=O) groups is 3. The number of carboxylic acids is 1. The van der Waals surface area contributed by atoms with Crippen LogP contribution in [0.4, 0.5) is 0 Å². The zero-order valence-corrected chi connectivity index (χ0v) is 39.9. The Balaban J connectivity index is 3.78. The molecule has 1 amide bonds. The summed E-state index contributed by atoms with van der Waals surface area (Å²) in [7, 11) is -4.75. The molecule has 0 fully saturated rings. The van der Waals surface area contributed by atoms with Gasteiger partial charge < -0.3 is 25.2 Å². The van der Waals surface area contributed by atoms with Gasteiger partial charge in [0.05, 0.1) is 13.2 Å². The van der Waals surface area contributed by atoms with Crippen LogP contribution in [0.3, 0.4) is 0 Å². The Kier molecular flexibility index (Phi) is 43.1. The highest BCUT2D eigenvalue weighted by Crippen LogP contribution is 2.43. The minimum absolute atomic E-state index is 0.150. The summed E-state index contributed by atoms with van der Waals surface area (Å²) in [5.74, 6) is -2.36. The average molecular weight is 886 g/mol. The van der Waals surface area contributed by atoms with E-state index in [0.29, 0.717) is 12.8 Å². The van der Waals surface area contributed by atoms with Crippen molar-refractivity contribution in [3.63, 3.8) is 0 Å². The topological polar surface area (TPSA) is 169 Å². The molecule has 0 saturated heterocycles. The molecule has 3 unspecified atom stereocenters. The molecular formula is C49H92NO10P. The Morgan fingerprint density at radius 1 is 0.525 bits per heavy atom. The lowest BCUT2D eigenvalue weighted by Crippen LogP contribution is -2.43. The maximum absolute atomic E-state index is 12.3. The van der Waals surface area contributed by atoms with E-state index in [1.165, 1.54) is 154 Å². The summed E-state index contributed by atoms with van der Waals surface area (Å²) in [6.45, 7) is 2.60. The van der Waals surface area contributed by atoms with Gasteiger partial charge in [-0.2, -0.15) is 0 Å². The molecule has 0 aromatic heterocycles. The van der Waals surface area contributed by atoms with E-state index in [2.05, 4.69) is 43.5 Å². The molecule has 0 spiro atoms. The van der Waals surface area contributed by atoms with Crippen LogP contribution in [-0.4, -0.2) is 64.9 Å². The molecule has 0 radical (unpaired) electrons. The Labute approximate surface area is 372 Å². The lowest BCUT2D eigenvalue weighted by atomic mass is 10.0. The second-order valence-corrected chi connectivity index (χ2v) is 18.5. The van der Waals surface area contributed by atoms with Crippen molar-refractivity contribution in [2.75, 3.05) is 19.8 Å². The Morgan fingerprint density at radius 3 is 1.36 bits per heavy atom. The summed E-state index contributed by atoms with van der Waals surface area (Å²) in [6.07, 6.45) is 47.7. The van der Waals surface area contributed by atoms with Gasteiger partial charge in [0.2, 0.25) is 5.91 Å². The van der Waals surface area contributed by atoms with Crippen LogP contribution in [0.5, 0.6) is 0 Å². The van der Waals surface area contributed by atoms with Crippen LogP contribution in [0.15, 0.2) is 24.3 Å². The summed E-state index contributed by atoms with van der Waals surface area (Å²) in [4.78, 5) is 46.0. The van der Waals surface area contributed by atoms with Gasteiger partial charge >= 0.3 is 19.8 Å². The van der Waals surface area contributed by atoms with E-state index in [-0.39, 0.29) is 12.8 Å². The normalized spacial score (nSPS) is 13.8. The minimum atomic E-state index is -4.75. The van der Waals surface area contributed by atoms with Gasteiger partial charge in [0.1, 0.15) is 12.7 Å². The highest BCUT2D eigenvalue weighted by Gasteiger charge is 2.28. The minimum Gasteiger partial charge on any atom is -0.480 e. The molecule has 0 saturated carbocycles. The first-order valence-corrected chi connectivity index (χ1v) is 26.4. The van der Waals surface area contributed by atoms with Crippen LogP contribution in [-0.2, 0) is 32.7 Å². The standard InChI is InChI=1S/C49H92NO10P/c1-3-5-7-9-11-13-15-17-19-20-21-22-23-24-25-26-27-29-31-33-35-37-39-41-48(53)58-42-45(51)43-59-61(56,57)60-44-46(49(54)55)50-47(52)40-38-36-34-32-30-28-18-16-14-12-10-8-6-4-2/h11,13,17,19,45-46,51H,3-10,12,14-16,18,20-44H2,1-2H3,(H,50,52)(H,54,55)(H,56,57)/b13-11-,19-17-. The Bertz CT molecular complexity index is 1130. The second kappa shape index (κ2) is 44.6. The summed E-state index contributed by atoms with van der Waals surface area (Å²) in [6, 6.07) is -1.54. The summed E-state index contributed by atoms with van der Waals surface area (Å²) >= 11 is 0. The van der Waals surface area contributed by atoms with Gasteiger partial charge in [-0.3, -0.25) is 18.6 Å². The first-order chi connectivity index (χ1) is 29.6. The molecular weight excluding hydrogens is 794 g/mol. The van der Waals surface area contributed by atoms with Crippen molar-refractivity contribution in [1.82, 2.24) is 5.32 Å². The monoisotopic (exact) mass is 886 g/mol. The molecule has 61 heavy (non-hydrogen) atoms. The van der Waals surface area contributed by atoms with Gasteiger partial charge in [-0.1, -0.05) is 205 Å². The van der Waals surface area contributed by atoms with E-state index in [0.717, 1.165) is 44.9 Å². The van der Waals surface area contributed by atoms with Crippen molar-refractivity contribution in [1.29, 1.82) is 0 Å². The number of phosphoric acid groups is 1. The molecule has 358 valence electrons. The number of allylic oxidation sites excluding steroid dienone is 4.